The van der Waals surface area contributed by atoms with Crippen LogP contribution in [0.4, 0.5) is 14.5 Å². The van der Waals surface area contributed by atoms with E-state index in [1.165, 1.54) is 4.90 Å². The lowest BCUT2D eigenvalue weighted by Gasteiger charge is -2.37. The number of amides is 1. The van der Waals surface area contributed by atoms with Crippen molar-refractivity contribution < 1.29 is 23.4 Å². The number of nitrogen functional groups attached to an aromatic ring is 1. The van der Waals surface area contributed by atoms with Gasteiger partial charge in [-0.15, -0.1) is 0 Å². The number of carbonyl (C=O) groups is 1. The molecule has 110 valence electrons. The van der Waals surface area contributed by atoms with Crippen molar-refractivity contribution in [2.45, 2.75) is 19.1 Å². The van der Waals surface area contributed by atoms with Crippen molar-refractivity contribution in [2.24, 2.45) is 0 Å². The van der Waals surface area contributed by atoms with E-state index in [2.05, 4.69) is 0 Å². The maximum absolute atomic E-state index is 13.9. The Morgan fingerprint density at radius 3 is 2.90 bits per heavy atom. The topological polar surface area (TPSA) is 75.8 Å². The van der Waals surface area contributed by atoms with Crippen molar-refractivity contribution in [3.63, 3.8) is 0 Å². The van der Waals surface area contributed by atoms with E-state index in [1.807, 2.05) is 0 Å². The molecule has 1 aromatic carbocycles. The number of anilines is 1. The summed E-state index contributed by atoms with van der Waals surface area (Å²) in [6.07, 6.45) is -0.553. The molecule has 0 aromatic heterocycles. The summed E-state index contributed by atoms with van der Waals surface area (Å²) in [6.45, 7) is 1.71. The molecule has 1 aromatic rings. The van der Waals surface area contributed by atoms with E-state index in [9.17, 15) is 13.6 Å². The fourth-order valence-corrected chi connectivity index (χ4v) is 2.12. The normalized spacial score (nSPS) is 22.9. The minimum Gasteiger partial charge on any atom is -0.396 e. The smallest absolute Gasteiger partial charge is 0.260 e. The molecule has 5 nitrogen and oxygen atoms in total. The Morgan fingerprint density at radius 1 is 1.55 bits per heavy atom. The molecule has 2 rings (SSSR count). The molecular weight excluding hydrogens is 270 g/mol. The first kappa shape index (κ1) is 14.7. The van der Waals surface area contributed by atoms with Crippen LogP contribution in [0.15, 0.2) is 12.1 Å². The van der Waals surface area contributed by atoms with Crippen LogP contribution >= 0.6 is 0 Å². The van der Waals surface area contributed by atoms with Gasteiger partial charge in [-0.05, 0) is 19.1 Å². The fourth-order valence-electron chi connectivity index (χ4n) is 2.12. The van der Waals surface area contributed by atoms with Gasteiger partial charge in [0, 0.05) is 6.54 Å². The highest BCUT2D eigenvalue weighted by Gasteiger charge is 2.33. The van der Waals surface area contributed by atoms with Gasteiger partial charge >= 0.3 is 0 Å². The number of nitrogens with zero attached hydrogens (tertiary/aromatic N) is 1. The van der Waals surface area contributed by atoms with Gasteiger partial charge in [-0.2, -0.15) is 0 Å². The molecular formula is C13H16F2N2O3. The molecule has 1 saturated heterocycles. The number of morpholine rings is 1. The lowest BCUT2D eigenvalue weighted by atomic mass is 10.1. The van der Waals surface area contributed by atoms with Gasteiger partial charge in [-0.3, -0.25) is 4.79 Å². The molecule has 1 aliphatic rings. The summed E-state index contributed by atoms with van der Waals surface area (Å²) in [7, 11) is 0. The third kappa shape index (κ3) is 2.59. The average molecular weight is 286 g/mol. The van der Waals surface area contributed by atoms with Crippen LogP contribution in [0.3, 0.4) is 0 Å². The largest absolute Gasteiger partial charge is 0.396 e. The number of hydrogen-bond acceptors (Lipinski definition) is 4. The van der Waals surface area contributed by atoms with Crippen LogP contribution in [0.25, 0.3) is 0 Å². The van der Waals surface area contributed by atoms with Crippen LogP contribution in [0.5, 0.6) is 0 Å². The summed E-state index contributed by atoms with van der Waals surface area (Å²) < 4.78 is 32.9. The molecule has 2 unspecified atom stereocenters. The van der Waals surface area contributed by atoms with Crippen molar-refractivity contribution >= 4 is 11.6 Å². The maximum atomic E-state index is 13.9. The van der Waals surface area contributed by atoms with Crippen LogP contribution in [-0.2, 0) is 4.74 Å². The average Bonchev–Trinajstić information content (AvgIpc) is 2.43. The van der Waals surface area contributed by atoms with Crippen LogP contribution in [0.2, 0.25) is 0 Å². The molecule has 20 heavy (non-hydrogen) atoms. The predicted molar refractivity (Wildman–Crippen MR) is 68.1 cm³/mol. The molecule has 0 spiro atoms. The highest BCUT2D eigenvalue weighted by Crippen LogP contribution is 2.23. The number of halogens is 2. The highest BCUT2D eigenvalue weighted by atomic mass is 19.1. The number of aliphatic hydroxyl groups is 1. The van der Waals surface area contributed by atoms with Crippen LogP contribution < -0.4 is 5.73 Å². The third-order valence-corrected chi connectivity index (χ3v) is 3.30. The summed E-state index contributed by atoms with van der Waals surface area (Å²) in [4.78, 5) is 13.6. The van der Waals surface area contributed by atoms with Crippen LogP contribution in [0.1, 0.15) is 17.3 Å². The van der Waals surface area contributed by atoms with E-state index in [4.69, 9.17) is 15.6 Å². The molecule has 1 aliphatic heterocycles. The molecule has 0 aliphatic carbocycles. The minimum atomic E-state index is -1.06. The summed E-state index contributed by atoms with van der Waals surface area (Å²) in [6, 6.07) is 1.69. The second-order valence-corrected chi connectivity index (χ2v) is 4.77. The van der Waals surface area contributed by atoms with Gasteiger partial charge in [-0.25, -0.2) is 8.78 Å². The number of benzene rings is 1. The molecule has 1 amide bonds. The Hall–Kier alpha value is -1.73. The van der Waals surface area contributed by atoms with E-state index in [-0.39, 0.29) is 31.5 Å². The second kappa shape index (κ2) is 5.72. The first-order valence-corrected chi connectivity index (χ1v) is 6.22. The Kier molecular flexibility index (Phi) is 4.20. The van der Waals surface area contributed by atoms with Gasteiger partial charge in [0.1, 0.15) is 11.4 Å². The first-order chi connectivity index (χ1) is 9.45. The van der Waals surface area contributed by atoms with Crippen LogP contribution in [-0.4, -0.2) is 47.8 Å². The van der Waals surface area contributed by atoms with Gasteiger partial charge in [-0.1, -0.05) is 0 Å². The quantitative estimate of drug-likeness (QED) is 0.787. The van der Waals surface area contributed by atoms with Gasteiger partial charge in [0.15, 0.2) is 5.82 Å². The molecule has 0 bridgehead atoms. The summed E-state index contributed by atoms with van der Waals surface area (Å²) in [5.41, 5.74) is 4.41. The van der Waals surface area contributed by atoms with E-state index in [0.717, 1.165) is 12.1 Å². The zero-order valence-electron chi connectivity index (χ0n) is 11.0. The summed E-state index contributed by atoms with van der Waals surface area (Å²) >= 11 is 0. The summed E-state index contributed by atoms with van der Waals surface area (Å²) in [5.74, 6) is -2.81. The first-order valence-electron chi connectivity index (χ1n) is 6.22. The van der Waals surface area contributed by atoms with Crippen molar-refractivity contribution in [2.75, 3.05) is 25.5 Å². The fraction of sp³-hybridized carbons (Fsp3) is 0.462. The number of hydrogen-bond donors (Lipinski definition) is 2. The van der Waals surface area contributed by atoms with E-state index in [0.29, 0.717) is 0 Å². The lowest BCUT2D eigenvalue weighted by molar-refractivity contribution is -0.0669. The van der Waals surface area contributed by atoms with Gasteiger partial charge in [0.2, 0.25) is 0 Å². The minimum absolute atomic E-state index is 0.0736. The Bertz CT molecular complexity index is 525. The maximum Gasteiger partial charge on any atom is 0.260 e. The molecule has 0 saturated carbocycles. The molecule has 1 fully saturated rings. The van der Waals surface area contributed by atoms with Crippen LogP contribution in [0, 0.1) is 11.6 Å². The molecule has 3 N–H and O–H groups in total. The predicted octanol–water partition coefficient (Wildman–Crippen LogP) is 0.769. The summed E-state index contributed by atoms with van der Waals surface area (Å²) in [5, 5.41) is 9.07. The molecule has 1 heterocycles. The van der Waals surface area contributed by atoms with E-state index >= 15 is 0 Å². The Balaban J connectivity index is 2.33. The standard InChI is InChI=1S/C13H16F2N2O3/c1-7-6-20-8(5-18)4-17(7)13(19)11-9(14)2-3-10(16)12(11)15/h2-3,7-8,18H,4-6,16H2,1H3. The Morgan fingerprint density at radius 2 is 2.25 bits per heavy atom. The number of carbonyl (C=O) groups excluding carboxylic acids is 1. The van der Waals surface area contributed by atoms with Crippen molar-refractivity contribution in [1.29, 1.82) is 0 Å². The number of nitrogens with two attached hydrogens (primary N) is 1. The number of ether oxygens (including phenoxy) is 1. The third-order valence-electron chi connectivity index (χ3n) is 3.30. The zero-order valence-corrected chi connectivity index (χ0v) is 11.0. The van der Waals surface area contributed by atoms with Gasteiger partial charge < -0.3 is 20.5 Å². The number of aliphatic hydroxyl groups excluding tert-OH is 1. The molecule has 7 heteroatoms. The Labute approximate surface area is 114 Å². The second-order valence-electron chi connectivity index (χ2n) is 4.77. The van der Waals surface area contributed by atoms with Gasteiger partial charge in [0.25, 0.3) is 5.91 Å². The monoisotopic (exact) mass is 286 g/mol. The van der Waals surface area contributed by atoms with Crippen molar-refractivity contribution in [3.05, 3.63) is 29.3 Å². The van der Waals surface area contributed by atoms with Crippen molar-refractivity contribution in [1.82, 2.24) is 4.90 Å². The number of rotatable bonds is 2. The van der Waals surface area contributed by atoms with E-state index < -0.39 is 29.2 Å². The zero-order chi connectivity index (χ0) is 14.9. The highest BCUT2D eigenvalue weighted by molar-refractivity contribution is 5.96. The van der Waals surface area contributed by atoms with Crippen molar-refractivity contribution in [3.8, 4) is 0 Å². The van der Waals surface area contributed by atoms with E-state index in [1.54, 1.807) is 6.92 Å². The molecule has 0 radical (unpaired) electrons. The van der Waals surface area contributed by atoms with Gasteiger partial charge in [0.05, 0.1) is 31.0 Å². The molecule has 2 atom stereocenters. The lowest BCUT2D eigenvalue weighted by Crippen LogP contribution is -2.52. The SMILES string of the molecule is CC1COC(CO)CN1C(=O)c1c(F)ccc(N)c1F.